The highest BCUT2D eigenvalue weighted by Gasteiger charge is 2.34. The zero-order valence-corrected chi connectivity index (χ0v) is 14.1. The number of nitrogens with zero attached hydrogens (tertiary/aromatic N) is 1. The lowest BCUT2D eigenvalue weighted by molar-refractivity contribution is -0.137. The van der Waals surface area contributed by atoms with Gasteiger partial charge in [-0.15, -0.1) is 0 Å². The zero-order chi connectivity index (χ0) is 18.1. The summed E-state index contributed by atoms with van der Waals surface area (Å²) < 4.78 is 43.2. The molecule has 0 aromatic heterocycles. The normalized spacial score (nSPS) is 20.1. The number of nitrogens with two attached hydrogens (primary N) is 1. The quantitative estimate of drug-likeness (QED) is 0.883. The SMILES string of the molecule is CC(C)(C)OC(=O)N1CCC(C(N)c2ccc(C(F)(F)F)cc2)C1. The van der Waals surface area contributed by atoms with Crippen LogP contribution in [-0.2, 0) is 10.9 Å². The van der Waals surface area contributed by atoms with E-state index in [9.17, 15) is 18.0 Å². The maximum absolute atomic E-state index is 12.6. The number of carbonyl (C=O) groups is 1. The summed E-state index contributed by atoms with van der Waals surface area (Å²) in [6.45, 7) is 6.37. The van der Waals surface area contributed by atoms with Crippen LogP contribution in [0.4, 0.5) is 18.0 Å². The van der Waals surface area contributed by atoms with Crippen LogP contribution in [0.1, 0.15) is 44.4 Å². The second-order valence-corrected chi connectivity index (χ2v) is 7.12. The molecule has 0 aliphatic carbocycles. The summed E-state index contributed by atoms with van der Waals surface area (Å²) in [6.07, 6.45) is -4.05. The summed E-state index contributed by atoms with van der Waals surface area (Å²) in [5.74, 6) is -0.00532. The van der Waals surface area contributed by atoms with Crippen molar-refractivity contribution in [2.45, 2.75) is 45.0 Å². The maximum Gasteiger partial charge on any atom is 0.416 e. The number of alkyl halides is 3. The minimum absolute atomic E-state index is 0.00532. The molecule has 2 unspecified atom stereocenters. The van der Waals surface area contributed by atoms with Crippen LogP contribution in [0.15, 0.2) is 24.3 Å². The van der Waals surface area contributed by atoms with Crippen LogP contribution in [0, 0.1) is 5.92 Å². The van der Waals surface area contributed by atoms with E-state index in [-0.39, 0.29) is 12.0 Å². The van der Waals surface area contributed by atoms with Crippen molar-refractivity contribution >= 4 is 6.09 Å². The molecular formula is C17H23F3N2O2. The minimum Gasteiger partial charge on any atom is -0.444 e. The fraction of sp³-hybridized carbons (Fsp3) is 0.588. The average Bonchev–Trinajstić information content (AvgIpc) is 2.94. The lowest BCUT2D eigenvalue weighted by Gasteiger charge is -2.25. The Bertz CT molecular complexity index is 579. The Hall–Kier alpha value is -1.76. The molecule has 1 amide bonds. The van der Waals surface area contributed by atoms with Crippen LogP contribution in [0.25, 0.3) is 0 Å². The number of halogens is 3. The van der Waals surface area contributed by atoms with Crippen LogP contribution >= 0.6 is 0 Å². The Morgan fingerprint density at radius 2 is 1.83 bits per heavy atom. The predicted octanol–water partition coefficient (Wildman–Crippen LogP) is 3.96. The highest BCUT2D eigenvalue weighted by molar-refractivity contribution is 5.68. The van der Waals surface area contributed by atoms with Gasteiger partial charge >= 0.3 is 12.3 Å². The molecule has 0 spiro atoms. The molecule has 2 rings (SSSR count). The van der Waals surface area contributed by atoms with Gasteiger partial charge in [-0.3, -0.25) is 0 Å². The summed E-state index contributed by atoms with van der Waals surface area (Å²) >= 11 is 0. The van der Waals surface area contributed by atoms with Gasteiger partial charge in [0.05, 0.1) is 5.56 Å². The van der Waals surface area contributed by atoms with E-state index in [1.54, 1.807) is 25.7 Å². The van der Waals surface area contributed by atoms with E-state index in [1.807, 2.05) is 0 Å². The van der Waals surface area contributed by atoms with E-state index in [2.05, 4.69) is 0 Å². The summed E-state index contributed by atoms with van der Waals surface area (Å²) in [6, 6.07) is 4.47. The van der Waals surface area contributed by atoms with Gasteiger partial charge in [-0.25, -0.2) is 4.79 Å². The van der Waals surface area contributed by atoms with Crippen molar-refractivity contribution in [3.63, 3.8) is 0 Å². The third-order valence-corrected chi connectivity index (χ3v) is 4.01. The number of likely N-dealkylation sites (tertiary alicyclic amines) is 1. The molecule has 7 heteroatoms. The molecule has 4 nitrogen and oxygen atoms in total. The molecule has 0 radical (unpaired) electrons. The summed E-state index contributed by atoms with van der Waals surface area (Å²) in [5, 5.41) is 0. The second-order valence-electron chi connectivity index (χ2n) is 7.12. The van der Waals surface area contributed by atoms with Crippen molar-refractivity contribution in [3.8, 4) is 0 Å². The highest BCUT2D eigenvalue weighted by atomic mass is 19.4. The number of benzene rings is 1. The first kappa shape index (κ1) is 18.6. The molecule has 1 aliphatic heterocycles. The van der Waals surface area contributed by atoms with Crippen LogP contribution < -0.4 is 5.73 Å². The van der Waals surface area contributed by atoms with Gasteiger partial charge in [0.15, 0.2) is 0 Å². The number of ether oxygens (including phenoxy) is 1. The molecule has 1 fully saturated rings. The van der Waals surface area contributed by atoms with E-state index >= 15 is 0 Å². The molecule has 0 saturated carbocycles. The number of carbonyl (C=O) groups excluding carboxylic acids is 1. The summed E-state index contributed by atoms with van der Waals surface area (Å²) in [7, 11) is 0. The molecule has 134 valence electrons. The monoisotopic (exact) mass is 344 g/mol. The molecule has 1 aromatic carbocycles. The van der Waals surface area contributed by atoms with Gasteiger partial charge in [-0.1, -0.05) is 12.1 Å². The second kappa shape index (κ2) is 6.63. The highest BCUT2D eigenvalue weighted by Crippen LogP contribution is 2.32. The maximum atomic E-state index is 12.6. The van der Waals surface area contributed by atoms with Crippen LogP contribution in [0.2, 0.25) is 0 Å². The molecule has 2 N–H and O–H groups in total. The van der Waals surface area contributed by atoms with Gasteiger partial charge in [0.2, 0.25) is 0 Å². The standard InChI is InChI=1S/C17H23F3N2O2/c1-16(2,3)24-15(23)22-9-8-12(10-22)14(21)11-4-6-13(7-5-11)17(18,19)20/h4-7,12,14H,8-10,21H2,1-3H3. The Balaban J connectivity index is 1.99. The van der Waals surface area contributed by atoms with Gasteiger partial charge in [0, 0.05) is 19.1 Å². The fourth-order valence-corrected chi connectivity index (χ4v) is 2.74. The smallest absolute Gasteiger partial charge is 0.416 e. The third kappa shape index (κ3) is 4.63. The number of amides is 1. The van der Waals surface area contributed by atoms with Gasteiger partial charge in [0.1, 0.15) is 5.60 Å². The number of hydrogen-bond donors (Lipinski definition) is 1. The largest absolute Gasteiger partial charge is 0.444 e. The van der Waals surface area contributed by atoms with Crippen molar-refractivity contribution in [3.05, 3.63) is 35.4 Å². The van der Waals surface area contributed by atoms with E-state index in [0.717, 1.165) is 12.1 Å². The Labute approximate surface area is 139 Å². The van der Waals surface area contributed by atoms with Gasteiger partial charge < -0.3 is 15.4 Å². The van der Waals surface area contributed by atoms with E-state index in [1.165, 1.54) is 12.1 Å². The first-order valence-electron chi connectivity index (χ1n) is 7.88. The van der Waals surface area contributed by atoms with Gasteiger partial charge in [-0.05, 0) is 50.8 Å². The molecule has 1 heterocycles. The molecular weight excluding hydrogens is 321 g/mol. The Morgan fingerprint density at radius 3 is 2.33 bits per heavy atom. The van der Waals surface area contributed by atoms with Crippen LogP contribution in [-0.4, -0.2) is 29.7 Å². The first-order chi connectivity index (χ1) is 11.0. The zero-order valence-electron chi connectivity index (χ0n) is 14.1. The van der Waals surface area contributed by atoms with Crippen LogP contribution in [0.3, 0.4) is 0 Å². The van der Waals surface area contributed by atoms with E-state index < -0.39 is 23.4 Å². The number of rotatable bonds is 2. The molecule has 1 aliphatic rings. The van der Waals surface area contributed by atoms with Crippen molar-refractivity contribution in [2.75, 3.05) is 13.1 Å². The van der Waals surface area contributed by atoms with Crippen molar-refractivity contribution < 1.29 is 22.7 Å². The van der Waals surface area contributed by atoms with Crippen LogP contribution in [0.5, 0.6) is 0 Å². The third-order valence-electron chi connectivity index (χ3n) is 4.01. The van der Waals surface area contributed by atoms with E-state index in [4.69, 9.17) is 10.5 Å². The molecule has 2 atom stereocenters. The topological polar surface area (TPSA) is 55.6 Å². The molecule has 1 saturated heterocycles. The lowest BCUT2D eigenvalue weighted by Crippen LogP contribution is -2.36. The average molecular weight is 344 g/mol. The molecule has 24 heavy (non-hydrogen) atoms. The fourth-order valence-electron chi connectivity index (χ4n) is 2.74. The van der Waals surface area contributed by atoms with Crippen molar-refractivity contribution in [2.24, 2.45) is 11.7 Å². The summed E-state index contributed by atoms with van der Waals surface area (Å²) in [5.41, 5.74) is 5.57. The van der Waals surface area contributed by atoms with Crippen molar-refractivity contribution in [1.82, 2.24) is 4.90 Å². The lowest BCUT2D eigenvalue weighted by atomic mass is 9.92. The van der Waals surface area contributed by atoms with Gasteiger partial charge in [-0.2, -0.15) is 13.2 Å². The van der Waals surface area contributed by atoms with Gasteiger partial charge in [0.25, 0.3) is 0 Å². The Kier molecular flexibility index (Phi) is 5.13. The Morgan fingerprint density at radius 1 is 1.25 bits per heavy atom. The predicted molar refractivity (Wildman–Crippen MR) is 84.3 cm³/mol. The number of hydrogen-bond acceptors (Lipinski definition) is 3. The summed E-state index contributed by atoms with van der Waals surface area (Å²) in [4.78, 5) is 13.7. The first-order valence-corrected chi connectivity index (χ1v) is 7.88. The molecule has 1 aromatic rings. The van der Waals surface area contributed by atoms with E-state index in [0.29, 0.717) is 25.1 Å². The van der Waals surface area contributed by atoms with Crippen molar-refractivity contribution in [1.29, 1.82) is 0 Å². The minimum atomic E-state index is -4.36. The molecule has 0 bridgehead atoms.